The van der Waals surface area contributed by atoms with Gasteiger partial charge in [0.1, 0.15) is 0 Å². The van der Waals surface area contributed by atoms with Crippen molar-refractivity contribution in [3.63, 3.8) is 0 Å². The van der Waals surface area contributed by atoms with Gasteiger partial charge in [-0.2, -0.15) is 0 Å². The van der Waals surface area contributed by atoms with E-state index in [9.17, 15) is 14.7 Å². The molecule has 2 fully saturated rings. The van der Waals surface area contributed by atoms with Crippen LogP contribution in [0.3, 0.4) is 0 Å². The zero-order chi connectivity index (χ0) is 15.8. The van der Waals surface area contributed by atoms with Crippen LogP contribution in [0.15, 0.2) is 0 Å². The number of hydrogen-bond acceptors (Lipinski definition) is 2. The summed E-state index contributed by atoms with van der Waals surface area (Å²) in [5.41, 5.74) is 0.448. The number of nitrogens with one attached hydrogen (secondary N) is 1. The smallest absolute Gasteiger partial charge is 0.307 e. The molecule has 1 amide bonds. The van der Waals surface area contributed by atoms with Gasteiger partial charge in [0.05, 0.1) is 11.8 Å². The number of aliphatic carboxylic acids is 1. The van der Waals surface area contributed by atoms with E-state index in [0.717, 1.165) is 25.7 Å². The molecule has 0 heterocycles. The van der Waals surface area contributed by atoms with Crippen molar-refractivity contribution < 1.29 is 14.7 Å². The molecule has 120 valence electrons. The molecule has 2 saturated carbocycles. The van der Waals surface area contributed by atoms with Gasteiger partial charge < -0.3 is 10.4 Å². The number of amides is 1. The Labute approximate surface area is 127 Å². The summed E-state index contributed by atoms with van der Waals surface area (Å²) in [4.78, 5) is 23.7. The maximum Gasteiger partial charge on any atom is 0.307 e. The Kier molecular flexibility index (Phi) is 4.36. The van der Waals surface area contributed by atoms with E-state index >= 15 is 0 Å². The number of carboxylic acid groups (broad SMARTS) is 1. The lowest BCUT2D eigenvalue weighted by atomic mass is 9.63. The van der Waals surface area contributed by atoms with Crippen LogP contribution in [0, 0.1) is 22.7 Å². The summed E-state index contributed by atoms with van der Waals surface area (Å²) in [7, 11) is 0. The van der Waals surface area contributed by atoms with E-state index < -0.39 is 11.9 Å². The lowest BCUT2D eigenvalue weighted by Crippen LogP contribution is -2.48. The Morgan fingerprint density at radius 3 is 2.05 bits per heavy atom. The second kappa shape index (κ2) is 5.62. The van der Waals surface area contributed by atoms with Crippen molar-refractivity contribution in [3.05, 3.63) is 0 Å². The fourth-order valence-corrected chi connectivity index (χ4v) is 4.83. The molecular weight excluding hydrogens is 266 g/mol. The summed E-state index contributed by atoms with van der Waals surface area (Å²) in [6.07, 6.45) is 5.31. The third-order valence-electron chi connectivity index (χ3n) is 5.07. The minimum absolute atomic E-state index is 0.0431. The average Bonchev–Trinajstić information content (AvgIpc) is 2.72. The molecule has 2 aliphatic rings. The molecule has 2 atom stereocenters. The molecule has 0 spiro atoms. The van der Waals surface area contributed by atoms with Gasteiger partial charge in [0.15, 0.2) is 0 Å². The van der Waals surface area contributed by atoms with Crippen molar-refractivity contribution in [1.29, 1.82) is 0 Å². The standard InChI is InChI=1S/C17H29NO3/c1-16(2)8-11(9-17(3,4)10-16)18-14(19)12-6-5-7-13(12)15(20)21/h11-13H,5-10H2,1-4H3,(H,18,19)(H,20,21)/t12-,13+/m1/s1. The summed E-state index contributed by atoms with van der Waals surface area (Å²) >= 11 is 0. The SMILES string of the molecule is CC1(C)CC(NC(=O)[C@@H]2CCC[C@@H]2C(=O)O)CC(C)(C)C1. The fourth-order valence-electron chi connectivity index (χ4n) is 4.83. The molecule has 0 radical (unpaired) electrons. The van der Waals surface area contributed by atoms with Gasteiger partial charge in [-0.25, -0.2) is 0 Å². The minimum Gasteiger partial charge on any atom is -0.481 e. The third-order valence-corrected chi connectivity index (χ3v) is 5.07. The van der Waals surface area contributed by atoms with Crippen LogP contribution in [0.4, 0.5) is 0 Å². The average molecular weight is 295 g/mol. The van der Waals surface area contributed by atoms with E-state index in [-0.39, 0.29) is 28.7 Å². The molecule has 0 aromatic heterocycles. The highest BCUT2D eigenvalue weighted by Crippen LogP contribution is 2.45. The van der Waals surface area contributed by atoms with Crippen LogP contribution in [0.25, 0.3) is 0 Å². The molecule has 0 aromatic rings. The van der Waals surface area contributed by atoms with Crippen molar-refractivity contribution >= 4 is 11.9 Å². The molecule has 2 rings (SSSR count). The van der Waals surface area contributed by atoms with Crippen LogP contribution in [0.2, 0.25) is 0 Å². The molecule has 0 aromatic carbocycles. The normalized spacial score (nSPS) is 31.8. The van der Waals surface area contributed by atoms with Crippen molar-refractivity contribution in [2.45, 2.75) is 72.3 Å². The molecule has 4 nitrogen and oxygen atoms in total. The largest absolute Gasteiger partial charge is 0.481 e. The van der Waals surface area contributed by atoms with Crippen LogP contribution in [0.1, 0.15) is 66.2 Å². The van der Waals surface area contributed by atoms with E-state index in [1.165, 1.54) is 0 Å². The molecule has 21 heavy (non-hydrogen) atoms. The minimum atomic E-state index is -0.822. The first-order valence-corrected chi connectivity index (χ1v) is 8.13. The van der Waals surface area contributed by atoms with Crippen molar-refractivity contribution in [1.82, 2.24) is 5.32 Å². The van der Waals surface area contributed by atoms with Crippen LogP contribution in [-0.4, -0.2) is 23.0 Å². The van der Waals surface area contributed by atoms with Gasteiger partial charge in [0.2, 0.25) is 5.91 Å². The van der Waals surface area contributed by atoms with Gasteiger partial charge in [-0.05, 0) is 42.9 Å². The zero-order valence-corrected chi connectivity index (χ0v) is 13.7. The van der Waals surface area contributed by atoms with Crippen LogP contribution >= 0.6 is 0 Å². The quantitative estimate of drug-likeness (QED) is 0.840. The van der Waals surface area contributed by atoms with Crippen LogP contribution < -0.4 is 5.32 Å². The summed E-state index contributed by atoms with van der Waals surface area (Å²) < 4.78 is 0. The number of hydrogen-bond donors (Lipinski definition) is 2. The highest BCUT2D eigenvalue weighted by Gasteiger charge is 2.42. The first-order chi connectivity index (χ1) is 9.60. The maximum atomic E-state index is 12.5. The molecular formula is C17H29NO3. The Morgan fingerprint density at radius 1 is 1.00 bits per heavy atom. The summed E-state index contributed by atoms with van der Waals surface area (Å²) in [6.45, 7) is 9.01. The second-order valence-corrected chi connectivity index (χ2v) is 8.60. The molecule has 0 unspecified atom stereocenters. The van der Waals surface area contributed by atoms with Crippen molar-refractivity contribution in [3.8, 4) is 0 Å². The van der Waals surface area contributed by atoms with E-state index in [2.05, 4.69) is 33.0 Å². The number of carbonyl (C=O) groups excluding carboxylic acids is 1. The molecule has 2 aliphatic carbocycles. The highest BCUT2D eigenvalue weighted by molar-refractivity contribution is 5.85. The van der Waals surface area contributed by atoms with Gasteiger partial charge in [-0.15, -0.1) is 0 Å². The van der Waals surface area contributed by atoms with E-state index in [0.29, 0.717) is 12.8 Å². The molecule has 0 bridgehead atoms. The Bertz CT molecular complexity index is 412. The first kappa shape index (κ1) is 16.3. The zero-order valence-electron chi connectivity index (χ0n) is 13.7. The van der Waals surface area contributed by atoms with E-state index in [4.69, 9.17) is 0 Å². The number of rotatable bonds is 3. The molecule has 0 aliphatic heterocycles. The molecule has 2 N–H and O–H groups in total. The van der Waals surface area contributed by atoms with Gasteiger partial charge >= 0.3 is 5.97 Å². The predicted molar refractivity (Wildman–Crippen MR) is 81.8 cm³/mol. The van der Waals surface area contributed by atoms with Crippen molar-refractivity contribution in [2.75, 3.05) is 0 Å². The van der Waals surface area contributed by atoms with Crippen LogP contribution in [-0.2, 0) is 9.59 Å². The number of carboxylic acids is 1. The summed E-state index contributed by atoms with van der Waals surface area (Å²) in [5, 5.41) is 12.4. The Hall–Kier alpha value is -1.06. The Morgan fingerprint density at radius 2 is 1.52 bits per heavy atom. The topological polar surface area (TPSA) is 66.4 Å². The van der Waals surface area contributed by atoms with Crippen LogP contribution in [0.5, 0.6) is 0 Å². The summed E-state index contributed by atoms with van der Waals surface area (Å²) in [6, 6.07) is 0.172. The molecule has 0 saturated heterocycles. The third kappa shape index (κ3) is 3.98. The van der Waals surface area contributed by atoms with Gasteiger partial charge in [0, 0.05) is 6.04 Å². The second-order valence-electron chi connectivity index (χ2n) is 8.60. The highest BCUT2D eigenvalue weighted by atomic mass is 16.4. The van der Waals surface area contributed by atoms with Gasteiger partial charge in [-0.3, -0.25) is 9.59 Å². The predicted octanol–water partition coefficient (Wildman–Crippen LogP) is 3.21. The monoisotopic (exact) mass is 295 g/mol. The number of carbonyl (C=O) groups is 2. The lowest BCUT2D eigenvalue weighted by molar-refractivity contribution is -0.146. The summed E-state index contributed by atoms with van der Waals surface area (Å²) in [5.74, 6) is -1.69. The lowest BCUT2D eigenvalue weighted by Gasteiger charge is -2.45. The van der Waals surface area contributed by atoms with E-state index in [1.807, 2.05) is 0 Å². The molecule has 4 heteroatoms. The fraction of sp³-hybridized carbons (Fsp3) is 0.882. The maximum absolute atomic E-state index is 12.5. The van der Waals surface area contributed by atoms with Gasteiger partial charge in [0.25, 0.3) is 0 Å². The van der Waals surface area contributed by atoms with Gasteiger partial charge in [-0.1, -0.05) is 34.1 Å². The van der Waals surface area contributed by atoms with E-state index in [1.54, 1.807) is 0 Å². The first-order valence-electron chi connectivity index (χ1n) is 8.13. The Balaban J connectivity index is 2.00. The van der Waals surface area contributed by atoms with Crippen molar-refractivity contribution in [2.24, 2.45) is 22.7 Å².